The molecular formula is C14H17NO4. The highest BCUT2D eigenvalue weighted by atomic mass is 16.4. The maximum absolute atomic E-state index is 11.1. The molecule has 5 heteroatoms. The van der Waals surface area contributed by atoms with Gasteiger partial charge in [-0.3, -0.25) is 0 Å². The predicted molar refractivity (Wildman–Crippen MR) is 72.3 cm³/mol. The van der Waals surface area contributed by atoms with E-state index in [2.05, 4.69) is 0 Å². The molecule has 1 aromatic rings. The Bertz CT molecular complexity index is 493. The lowest BCUT2D eigenvalue weighted by atomic mass is 10.1. The van der Waals surface area contributed by atoms with Gasteiger partial charge in [-0.1, -0.05) is 18.2 Å². The molecule has 102 valence electrons. The zero-order valence-electron chi connectivity index (χ0n) is 11.0. The van der Waals surface area contributed by atoms with Crippen LogP contribution in [-0.4, -0.2) is 35.7 Å². The number of para-hydroxylation sites is 1. The van der Waals surface area contributed by atoms with Crippen molar-refractivity contribution in [1.29, 1.82) is 0 Å². The zero-order chi connectivity index (χ0) is 14.4. The van der Waals surface area contributed by atoms with Crippen LogP contribution in [0.3, 0.4) is 0 Å². The van der Waals surface area contributed by atoms with E-state index < -0.39 is 11.9 Å². The van der Waals surface area contributed by atoms with Crippen molar-refractivity contribution in [1.82, 2.24) is 0 Å². The standard InChI is InChI=1S/C14H17NO4/c1-10(13(16)17)12(14(18)19)8-9-15(2)11-6-4-3-5-7-11/h3-7H,8-9H2,1-2H3,(H,16,17)(H,18,19)/b12-10+. The Balaban J connectivity index is 2.76. The summed E-state index contributed by atoms with van der Waals surface area (Å²) in [5.74, 6) is -2.37. The number of hydrogen-bond donors (Lipinski definition) is 2. The molecule has 19 heavy (non-hydrogen) atoms. The fourth-order valence-electron chi connectivity index (χ4n) is 1.67. The second-order valence-electron chi connectivity index (χ2n) is 4.22. The third-order valence-electron chi connectivity index (χ3n) is 2.93. The van der Waals surface area contributed by atoms with Gasteiger partial charge in [0.2, 0.25) is 0 Å². The summed E-state index contributed by atoms with van der Waals surface area (Å²) in [4.78, 5) is 23.8. The molecule has 0 aliphatic rings. The lowest BCUT2D eigenvalue weighted by molar-refractivity contribution is -0.136. The van der Waals surface area contributed by atoms with Crippen LogP contribution in [0.1, 0.15) is 13.3 Å². The topological polar surface area (TPSA) is 77.8 Å². The van der Waals surface area contributed by atoms with Crippen molar-refractivity contribution in [2.24, 2.45) is 0 Å². The minimum absolute atomic E-state index is 0.0599. The van der Waals surface area contributed by atoms with Crippen molar-refractivity contribution in [2.45, 2.75) is 13.3 Å². The summed E-state index contributed by atoms with van der Waals surface area (Å²) >= 11 is 0. The second kappa shape index (κ2) is 6.58. The molecule has 0 saturated carbocycles. The SMILES string of the molecule is C/C(C(=O)O)=C(/CCN(C)c1ccccc1)C(=O)O. The molecule has 0 aromatic heterocycles. The molecule has 0 amide bonds. The molecule has 0 heterocycles. The van der Waals surface area contributed by atoms with Crippen molar-refractivity contribution in [3.8, 4) is 0 Å². The van der Waals surface area contributed by atoms with Crippen LogP contribution in [0.5, 0.6) is 0 Å². The molecule has 0 aliphatic carbocycles. The normalized spacial score (nSPS) is 11.7. The molecule has 0 spiro atoms. The summed E-state index contributed by atoms with van der Waals surface area (Å²) < 4.78 is 0. The van der Waals surface area contributed by atoms with Crippen molar-refractivity contribution >= 4 is 17.6 Å². The van der Waals surface area contributed by atoms with Crippen LogP contribution in [0, 0.1) is 0 Å². The van der Waals surface area contributed by atoms with Crippen molar-refractivity contribution in [3.63, 3.8) is 0 Å². The van der Waals surface area contributed by atoms with Gasteiger partial charge in [-0.25, -0.2) is 9.59 Å². The molecule has 0 atom stereocenters. The number of rotatable bonds is 6. The van der Waals surface area contributed by atoms with E-state index in [1.807, 2.05) is 42.3 Å². The summed E-state index contributed by atoms with van der Waals surface area (Å²) in [5.41, 5.74) is 0.782. The monoisotopic (exact) mass is 263 g/mol. The third-order valence-corrected chi connectivity index (χ3v) is 2.93. The van der Waals surface area contributed by atoms with E-state index >= 15 is 0 Å². The Kier molecular flexibility index (Phi) is 5.11. The highest BCUT2D eigenvalue weighted by molar-refractivity contribution is 5.98. The van der Waals surface area contributed by atoms with Crippen molar-refractivity contribution in [3.05, 3.63) is 41.5 Å². The molecule has 1 rings (SSSR count). The molecule has 0 unspecified atom stereocenters. The van der Waals surface area contributed by atoms with Crippen LogP contribution in [0.15, 0.2) is 41.5 Å². The number of nitrogens with zero attached hydrogens (tertiary/aromatic N) is 1. The first-order chi connectivity index (χ1) is 8.93. The summed E-state index contributed by atoms with van der Waals surface area (Å²) in [5, 5.41) is 17.9. The average Bonchev–Trinajstić information content (AvgIpc) is 2.39. The van der Waals surface area contributed by atoms with Gasteiger partial charge in [-0.05, 0) is 25.5 Å². The van der Waals surface area contributed by atoms with Gasteiger partial charge in [0, 0.05) is 30.4 Å². The maximum Gasteiger partial charge on any atom is 0.332 e. The number of anilines is 1. The lowest BCUT2D eigenvalue weighted by Gasteiger charge is -2.19. The molecule has 0 radical (unpaired) electrons. The van der Waals surface area contributed by atoms with Crippen LogP contribution in [0.4, 0.5) is 5.69 Å². The Morgan fingerprint density at radius 3 is 2.16 bits per heavy atom. The molecular weight excluding hydrogens is 246 g/mol. The Morgan fingerprint density at radius 2 is 1.68 bits per heavy atom. The number of benzene rings is 1. The smallest absolute Gasteiger partial charge is 0.332 e. The molecule has 0 fully saturated rings. The number of carboxylic acid groups (broad SMARTS) is 2. The van der Waals surface area contributed by atoms with Gasteiger partial charge in [-0.15, -0.1) is 0 Å². The van der Waals surface area contributed by atoms with Crippen LogP contribution in [-0.2, 0) is 9.59 Å². The second-order valence-corrected chi connectivity index (χ2v) is 4.22. The van der Waals surface area contributed by atoms with Crippen molar-refractivity contribution < 1.29 is 19.8 Å². The number of hydrogen-bond acceptors (Lipinski definition) is 3. The van der Waals surface area contributed by atoms with E-state index in [-0.39, 0.29) is 17.6 Å². The molecule has 1 aromatic carbocycles. The van der Waals surface area contributed by atoms with Crippen molar-refractivity contribution in [2.75, 3.05) is 18.5 Å². The number of aliphatic carboxylic acids is 2. The summed E-state index contributed by atoms with van der Waals surface area (Å²) in [6.07, 6.45) is 0.179. The summed E-state index contributed by atoms with van der Waals surface area (Å²) in [7, 11) is 1.84. The molecule has 0 bridgehead atoms. The van der Waals surface area contributed by atoms with E-state index in [1.165, 1.54) is 6.92 Å². The Hall–Kier alpha value is -2.30. The van der Waals surface area contributed by atoms with Gasteiger partial charge in [0.15, 0.2) is 0 Å². The summed E-state index contributed by atoms with van der Waals surface area (Å²) in [6.45, 7) is 1.75. The first-order valence-electron chi connectivity index (χ1n) is 5.86. The van der Waals surface area contributed by atoms with Crippen LogP contribution >= 0.6 is 0 Å². The lowest BCUT2D eigenvalue weighted by Crippen LogP contribution is -2.21. The minimum atomic E-state index is -1.19. The van der Waals surface area contributed by atoms with E-state index in [0.717, 1.165) is 5.69 Å². The first kappa shape index (κ1) is 14.8. The van der Waals surface area contributed by atoms with Gasteiger partial charge in [0.25, 0.3) is 0 Å². The molecule has 5 nitrogen and oxygen atoms in total. The van der Waals surface area contributed by atoms with E-state index in [1.54, 1.807) is 0 Å². The average molecular weight is 263 g/mol. The first-order valence-corrected chi connectivity index (χ1v) is 5.86. The van der Waals surface area contributed by atoms with Gasteiger partial charge >= 0.3 is 11.9 Å². The number of carboxylic acids is 2. The van der Waals surface area contributed by atoms with Gasteiger partial charge in [0.1, 0.15) is 0 Å². The molecule has 2 N–H and O–H groups in total. The minimum Gasteiger partial charge on any atom is -0.478 e. The number of carbonyl (C=O) groups is 2. The summed E-state index contributed by atoms with van der Waals surface area (Å²) in [6, 6.07) is 9.50. The van der Waals surface area contributed by atoms with Crippen LogP contribution in [0.25, 0.3) is 0 Å². The fourth-order valence-corrected chi connectivity index (χ4v) is 1.67. The Morgan fingerprint density at radius 1 is 1.11 bits per heavy atom. The third kappa shape index (κ3) is 4.13. The molecule has 0 aliphatic heterocycles. The van der Waals surface area contributed by atoms with Crippen LogP contribution in [0.2, 0.25) is 0 Å². The quantitative estimate of drug-likeness (QED) is 0.767. The zero-order valence-corrected chi connectivity index (χ0v) is 11.0. The largest absolute Gasteiger partial charge is 0.478 e. The molecule has 0 saturated heterocycles. The van der Waals surface area contributed by atoms with Gasteiger partial charge < -0.3 is 15.1 Å². The van der Waals surface area contributed by atoms with Gasteiger partial charge in [0.05, 0.1) is 0 Å². The van der Waals surface area contributed by atoms with E-state index in [0.29, 0.717) is 6.54 Å². The van der Waals surface area contributed by atoms with Gasteiger partial charge in [-0.2, -0.15) is 0 Å². The predicted octanol–water partition coefficient (Wildman–Crippen LogP) is 2.00. The van der Waals surface area contributed by atoms with E-state index in [9.17, 15) is 9.59 Å². The highest BCUT2D eigenvalue weighted by Gasteiger charge is 2.16. The van der Waals surface area contributed by atoms with E-state index in [4.69, 9.17) is 10.2 Å². The maximum atomic E-state index is 11.1. The highest BCUT2D eigenvalue weighted by Crippen LogP contribution is 2.15. The fraction of sp³-hybridized carbons (Fsp3) is 0.286. The van der Waals surface area contributed by atoms with Crippen LogP contribution < -0.4 is 4.90 Å². The Labute approximate surface area is 111 Å².